The van der Waals surface area contributed by atoms with Crippen molar-refractivity contribution >= 4 is 17.7 Å². The summed E-state index contributed by atoms with van der Waals surface area (Å²) in [7, 11) is 3.21. The summed E-state index contributed by atoms with van der Waals surface area (Å²) in [6, 6.07) is 11.3. The monoisotopic (exact) mass is 535 g/mol. The Labute approximate surface area is 231 Å². The molecule has 1 saturated heterocycles. The molecule has 3 amide bonds. The third-order valence-corrected chi connectivity index (χ3v) is 8.23. The van der Waals surface area contributed by atoms with Gasteiger partial charge in [-0.3, -0.25) is 14.4 Å². The zero-order valence-corrected chi connectivity index (χ0v) is 23.3. The minimum absolute atomic E-state index is 0.0382. The molecule has 1 aliphatic heterocycles. The Balaban J connectivity index is 1.66. The van der Waals surface area contributed by atoms with Crippen molar-refractivity contribution in [2.24, 2.45) is 11.7 Å². The van der Waals surface area contributed by atoms with Crippen LogP contribution in [0.4, 0.5) is 0 Å². The molecular weight excluding hydrogens is 494 g/mol. The van der Waals surface area contributed by atoms with E-state index in [9.17, 15) is 14.4 Å². The molecule has 8 nitrogen and oxygen atoms in total. The maximum absolute atomic E-state index is 14.5. The molecule has 210 valence electrons. The molecule has 2 aromatic carbocycles. The zero-order valence-electron chi connectivity index (χ0n) is 23.3. The molecule has 1 saturated carbocycles. The van der Waals surface area contributed by atoms with Gasteiger partial charge in [0.15, 0.2) is 11.5 Å². The highest BCUT2D eigenvalue weighted by molar-refractivity contribution is 5.94. The van der Waals surface area contributed by atoms with Gasteiger partial charge in [-0.05, 0) is 67.7 Å². The first-order chi connectivity index (χ1) is 18.8. The van der Waals surface area contributed by atoms with Crippen LogP contribution in [0.15, 0.2) is 42.5 Å². The van der Waals surface area contributed by atoms with Crippen LogP contribution in [-0.2, 0) is 14.4 Å². The molecule has 0 bridgehead atoms. The number of rotatable bonds is 9. The van der Waals surface area contributed by atoms with Crippen molar-refractivity contribution in [2.75, 3.05) is 20.8 Å². The zero-order chi connectivity index (χ0) is 27.9. The highest BCUT2D eigenvalue weighted by atomic mass is 16.5. The minimum atomic E-state index is -0.958. The number of amides is 3. The lowest BCUT2D eigenvalue weighted by Gasteiger charge is -2.40. The van der Waals surface area contributed by atoms with Crippen LogP contribution in [0, 0.1) is 12.8 Å². The second-order valence-corrected chi connectivity index (χ2v) is 10.7. The number of nitrogens with two attached hydrogens (primary N) is 1. The van der Waals surface area contributed by atoms with Gasteiger partial charge in [-0.2, -0.15) is 0 Å². The van der Waals surface area contributed by atoms with Gasteiger partial charge >= 0.3 is 0 Å². The van der Waals surface area contributed by atoms with Crippen LogP contribution in [-0.4, -0.2) is 49.4 Å². The maximum Gasteiger partial charge on any atom is 0.244 e. The molecule has 3 atom stereocenters. The molecule has 1 aliphatic carbocycles. The first-order valence-electron chi connectivity index (χ1n) is 14.0. The largest absolute Gasteiger partial charge is 0.493 e. The van der Waals surface area contributed by atoms with E-state index in [0.29, 0.717) is 30.0 Å². The number of primary amides is 1. The van der Waals surface area contributed by atoms with E-state index in [4.69, 9.17) is 15.2 Å². The number of nitrogens with one attached hydrogen (secondary N) is 1. The summed E-state index contributed by atoms with van der Waals surface area (Å²) in [5.41, 5.74) is 8.09. The number of likely N-dealkylation sites (tertiary alicyclic amines) is 1. The molecule has 4 rings (SSSR count). The Kier molecular flexibility index (Phi) is 9.49. The number of aryl methyl sites for hydroxylation is 1. The van der Waals surface area contributed by atoms with E-state index in [-0.39, 0.29) is 17.7 Å². The molecule has 3 N–H and O–H groups in total. The Hall–Kier alpha value is -3.55. The van der Waals surface area contributed by atoms with E-state index in [1.807, 2.05) is 25.1 Å². The molecule has 2 aromatic rings. The first kappa shape index (κ1) is 28.5. The summed E-state index contributed by atoms with van der Waals surface area (Å²) in [4.78, 5) is 42.1. The van der Waals surface area contributed by atoms with Crippen molar-refractivity contribution in [1.82, 2.24) is 10.2 Å². The number of methoxy groups -OCH3 is 2. The smallest absolute Gasteiger partial charge is 0.244 e. The molecule has 0 spiro atoms. The number of carbonyl (C=O) groups excluding carboxylic acids is 3. The Morgan fingerprint density at radius 2 is 1.62 bits per heavy atom. The second-order valence-electron chi connectivity index (χ2n) is 10.7. The van der Waals surface area contributed by atoms with Gasteiger partial charge in [-0.25, -0.2) is 0 Å². The van der Waals surface area contributed by atoms with Crippen molar-refractivity contribution < 1.29 is 23.9 Å². The third kappa shape index (κ3) is 6.37. The van der Waals surface area contributed by atoms with E-state index in [0.717, 1.165) is 49.7 Å². The molecule has 1 heterocycles. The molecule has 8 heteroatoms. The predicted molar refractivity (Wildman–Crippen MR) is 149 cm³/mol. The highest BCUT2D eigenvalue weighted by Gasteiger charge is 2.40. The van der Waals surface area contributed by atoms with Gasteiger partial charge in [0.1, 0.15) is 12.1 Å². The van der Waals surface area contributed by atoms with Gasteiger partial charge in [0.2, 0.25) is 17.7 Å². The summed E-state index contributed by atoms with van der Waals surface area (Å²) in [5.74, 6) is 0.0238. The summed E-state index contributed by atoms with van der Waals surface area (Å²) < 4.78 is 11.2. The quantitative estimate of drug-likeness (QED) is 0.495. The molecule has 2 fully saturated rings. The molecule has 0 unspecified atom stereocenters. The number of ether oxygens (including phenoxy) is 2. The summed E-state index contributed by atoms with van der Waals surface area (Å²) >= 11 is 0. The van der Waals surface area contributed by atoms with Crippen LogP contribution in [0.1, 0.15) is 80.0 Å². The summed E-state index contributed by atoms with van der Waals surface area (Å²) in [6.07, 6.45) is 7.47. The average Bonchev–Trinajstić information content (AvgIpc) is 2.96. The Bertz CT molecular complexity index is 1160. The number of hydrogen-bond donors (Lipinski definition) is 2. The number of nitrogens with zero attached hydrogens (tertiary/aromatic N) is 1. The normalized spacial score (nSPS) is 19.6. The predicted octanol–water partition coefficient (Wildman–Crippen LogP) is 4.40. The van der Waals surface area contributed by atoms with E-state index >= 15 is 0 Å². The molecule has 39 heavy (non-hydrogen) atoms. The minimum Gasteiger partial charge on any atom is -0.493 e. The standard InChI is InChI=1S/C31H41N3O5/c1-20-18-23(19-25(38-2)28(20)39-3)26(21-12-6-4-7-13-21)31(37)34-17-11-10-16-24(34)30(36)33-27(29(32)35)22-14-8-5-9-15-22/h5,8-9,14-15,18-19,21,24,26-27H,4,6-7,10-13,16-17H2,1-3H3,(H2,32,35)(H,33,36)/t24-,26-,27+/m0/s1. The van der Waals surface area contributed by atoms with Crippen LogP contribution in [0.3, 0.4) is 0 Å². The van der Waals surface area contributed by atoms with Crippen molar-refractivity contribution in [3.8, 4) is 11.5 Å². The lowest BCUT2D eigenvalue weighted by Crippen LogP contribution is -2.55. The van der Waals surface area contributed by atoms with Crippen LogP contribution < -0.4 is 20.5 Å². The summed E-state index contributed by atoms with van der Waals surface area (Å²) in [5, 5.41) is 2.84. The van der Waals surface area contributed by atoms with Gasteiger partial charge < -0.3 is 25.4 Å². The molecule has 0 aromatic heterocycles. The van der Waals surface area contributed by atoms with Crippen molar-refractivity contribution in [2.45, 2.75) is 76.3 Å². The molecular formula is C31H41N3O5. The Morgan fingerprint density at radius 3 is 2.26 bits per heavy atom. The van der Waals surface area contributed by atoms with Gasteiger partial charge in [0.05, 0.1) is 20.1 Å². The maximum atomic E-state index is 14.5. The fourth-order valence-corrected chi connectivity index (χ4v) is 6.29. The van der Waals surface area contributed by atoms with Gasteiger partial charge in [-0.1, -0.05) is 55.7 Å². The van der Waals surface area contributed by atoms with E-state index < -0.39 is 23.9 Å². The van der Waals surface area contributed by atoms with Crippen molar-refractivity contribution in [3.63, 3.8) is 0 Å². The number of piperidine rings is 1. The van der Waals surface area contributed by atoms with Crippen LogP contribution in [0.25, 0.3) is 0 Å². The van der Waals surface area contributed by atoms with Crippen LogP contribution >= 0.6 is 0 Å². The fraction of sp³-hybridized carbons (Fsp3) is 0.516. The van der Waals surface area contributed by atoms with E-state index in [2.05, 4.69) is 5.32 Å². The van der Waals surface area contributed by atoms with E-state index in [1.165, 1.54) is 6.42 Å². The Morgan fingerprint density at radius 1 is 0.923 bits per heavy atom. The first-order valence-corrected chi connectivity index (χ1v) is 14.0. The average molecular weight is 536 g/mol. The second kappa shape index (κ2) is 13.0. The topological polar surface area (TPSA) is 111 Å². The van der Waals surface area contributed by atoms with Crippen LogP contribution in [0.2, 0.25) is 0 Å². The van der Waals surface area contributed by atoms with Crippen molar-refractivity contribution in [1.29, 1.82) is 0 Å². The number of hydrogen-bond acceptors (Lipinski definition) is 5. The lowest BCUT2D eigenvalue weighted by atomic mass is 9.75. The van der Waals surface area contributed by atoms with Gasteiger partial charge in [0, 0.05) is 6.54 Å². The highest BCUT2D eigenvalue weighted by Crippen LogP contribution is 2.42. The lowest BCUT2D eigenvalue weighted by molar-refractivity contribution is -0.145. The van der Waals surface area contributed by atoms with Crippen molar-refractivity contribution in [3.05, 3.63) is 59.2 Å². The SMILES string of the molecule is COc1cc([C@@H](C(=O)N2CCCC[C@H]2C(=O)N[C@@H](C(N)=O)c2ccccc2)C2CCCCC2)cc(C)c1OC. The summed E-state index contributed by atoms with van der Waals surface area (Å²) in [6.45, 7) is 2.46. The third-order valence-electron chi connectivity index (χ3n) is 8.23. The number of benzene rings is 2. The van der Waals surface area contributed by atoms with E-state index in [1.54, 1.807) is 43.4 Å². The van der Waals surface area contributed by atoms with Crippen LogP contribution in [0.5, 0.6) is 11.5 Å². The molecule has 2 aliphatic rings. The number of carbonyl (C=O) groups is 3. The van der Waals surface area contributed by atoms with Gasteiger partial charge in [0.25, 0.3) is 0 Å². The molecule has 0 radical (unpaired) electrons. The fourth-order valence-electron chi connectivity index (χ4n) is 6.29. The van der Waals surface area contributed by atoms with Gasteiger partial charge in [-0.15, -0.1) is 0 Å².